The van der Waals surface area contributed by atoms with Crippen LogP contribution in [0.15, 0.2) is 46.9 Å². The highest BCUT2D eigenvalue weighted by Crippen LogP contribution is 2.27. The van der Waals surface area contributed by atoms with Crippen molar-refractivity contribution >= 4 is 32.8 Å². The fraction of sp³-hybridized carbons (Fsp3) is 0.118. The first-order chi connectivity index (χ1) is 11.1. The van der Waals surface area contributed by atoms with Gasteiger partial charge < -0.3 is 9.84 Å². The van der Waals surface area contributed by atoms with Gasteiger partial charge in [-0.2, -0.15) is 0 Å². The molecule has 23 heavy (non-hydrogen) atoms. The topological polar surface area (TPSA) is 72.3 Å². The summed E-state index contributed by atoms with van der Waals surface area (Å²) in [5.74, 6) is -0.452. The van der Waals surface area contributed by atoms with Gasteiger partial charge in [0, 0.05) is 15.9 Å². The molecule has 2 aromatic heterocycles. The van der Waals surface area contributed by atoms with E-state index in [1.165, 1.54) is 7.11 Å². The minimum absolute atomic E-state index is 0.121. The van der Waals surface area contributed by atoms with Crippen LogP contribution in [-0.2, 0) is 11.2 Å². The summed E-state index contributed by atoms with van der Waals surface area (Å²) in [6, 6.07) is 12.9. The minimum atomic E-state index is -0.912. The minimum Gasteiger partial charge on any atom is -0.481 e. The van der Waals surface area contributed by atoms with E-state index in [4.69, 9.17) is 4.74 Å². The Morgan fingerprint density at radius 3 is 2.78 bits per heavy atom. The van der Waals surface area contributed by atoms with E-state index >= 15 is 0 Å². The molecule has 0 amide bonds. The van der Waals surface area contributed by atoms with Crippen LogP contribution in [-0.4, -0.2) is 28.2 Å². The van der Waals surface area contributed by atoms with E-state index in [2.05, 4.69) is 25.9 Å². The normalized spacial score (nSPS) is 10.7. The van der Waals surface area contributed by atoms with Crippen molar-refractivity contribution in [3.63, 3.8) is 0 Å². The summed E-state index contributed by atoms with van der Waals surface area (Å²) >= 11 is 3.42. The summed E-state index contributed by atoms with van der Waals surface area (Å²) in [4.78, 5) is 20.2. The summed E-state index contributed by atoms with van der Waals surface area (Å²) in [5.41, 5.74) is 2.54. The molecule has 1 N–H and O–H groups in total. The van der Waals surface area contributed by atoms with Crippen molar-refractivity contribution < 1.29 is 14.6 Å². The van der Waals surface area contributed by atoms with Gasteiger partial charge in [0.2, 0.25) is 5.88 Å². The Morgan fingerprint density at radius 1 is 1.22 bits per heavy atom. The molecule has 3 aromatic rings. The van der Waals surface area contributed by atoms with E-state index in [1.807, 2.05) is 24.3 Å². The van der Waals surface area contributed by atoms with Gasteiger partial charge in [-0.05, 0) is 35.9 Å². The third kappa shape index (κ3) is 3.32. The number of rotatable bonds is 4. The predicted octanol–water partition coefficient (Wildman–Crippen LogP) is 3.70. The number of hydrogen-bond donors (Lipinski definition) is 1. The van der Waals surface area contributed by atoms with Gasteiger partial charge in [0.25, 0.3) is 0 Å². The molecule has 0 radical (unpaired) electrons. The van der Waals surface area contributed by atoms with Crippen LogP contribution in [0.25, 0.3) is 22.3 Å². The van der Waals surface area contributed by atoms with E-state index < -0.39 is 5.97 Å². The SMILES string of the molecule is COc1cccc(-c2nc3ccc(Br)cc3cc2CC(=O)O)n1. The highest BCUT2D eigenvalue weighted by Gasteiger charge is 2.14. The molecule has 0 bridgehead atoms. The monoisotopic (exact) mass is 372 g/mol. The molecule has 0 spiro atoms. The molecule has 0 unspecified atom stereocenters. The Bertz CT molecular complexity index is 896. The number of pyridine rings is 2. The second-order valence-electron chi connectivity index (χ2n) is 4.97. The molecular formula is C17H13BrN2O3. The Labute approximate surface area is 141 Å². The average Bonchev–Trinajstić information content (AvgIpc) is 2.53. The maximum atomic E-state index is 11.2. The Morgan fingerprint density at radius 2 is 2.04 bits per heavy atom. The van der Waals surface area contributed by atoms with Crippen LogP contribution in [0.5, 0.6) is 5.88 Å². The first-order valence-electron chi connectivity index (χ1n) is 6.89. The summed E-state index contributed by atoms with van der Waals surface area (Å²) in [6.07, 6.45) is -0.121. The van der Waals surface area contributed by atoms with Crippen molar-refractivity contribution in [2.45, 2.75) is 6.42 Å². The number of halogens is 1. The smallest absolute Gasteiger partial charge is 0.307 e. The van der Waals surface area contributed by atoms with Crippen molar-refractivity contribution in [2.75, 3.05) is 7.11 Å². The third-order valence-electron chi connectivity index (χ3n) is 3.37. The number of carbonyl (C=O) groups is 1. The van der Waals surface area contributed by atoms with E-state index in [-0.39, 0.29) is 6.42 Å². The van der Waals surface area contributed by atoms with Crippen LogP contribution >= 0.6 is 15.9 Å². The second-order valence-corrected chi connectivity index (χ2v) is 5.88. The molecule has 0 fully saturated rings. The number of carboxylic acid groups (broad SMARTS) is 1. The number of ether oxygens (including phenoxy) is 1. The zero-order chi connectivity index (χ0) is 16.4. The molecule has 0 aliphatic rings. The van der Waals surface area contributed by atoms with Crippen molar-refractivity contribution in [3.8, 4) is 17.3 Å². The van der Waals surface area contributed by atoms with Crippen LogP contribution in [0.3, 0.4) is 0 Å². The molecule has 1 aromatic carbocycles. The number of benzene rings is 1. The molecule has 2 heterocycles. The molecule has 0 atom stereocenters. The van der Waals surface area contributed by atoms with Crippen LogP contribution < -0.4 is 4.74 Å². The number of nitrogens with zero attached hydrogens (tertiary/aromatic N) is 2. The average molecular weight is 373 g/mol. The molecule has 5 nitrogen and oxygen atoms in total. The largest absolute Gasteiger partial charge is 0.481 e. The van der Waals surface area contributed by atoms with Crippen molar-refractivity contribution in [1.29, 1.82) is 0 Å². The maximum Gasteiger partial charge on any atom is 0.307 e. The highest BCUT2D eigenvalue weighted by molar-refractivity contribution is 9.10. The number of hydrogen-bond acceptors (Lipinski definition) is 4. The lowest BCUT2D eigenvalue weighted by Gasteiger charge is -2.10. The summed E-state index contributed by atoms with van der Waals surface area (Å²) < 4.78 is 6.06. The van der Waals surface area contributed by atoms with Gasteiger partial charge in [0.15, 0.2) is 0 Å². The van der Waals surface area contributed by atoms with Crippen molar-refractivity contribution in [3.05, 3.63) is 52.5 Å². The lowest BCUT2D eigenvalue weighted by molar-refractivity contribution is -0.136. The van der Waals surface area contributed by atoms with Gasteiger partial charge in [-0.3, -0.25) is 4.79 Å². The number of aromatic nitrogens is 2. The number of fused-ring (bicyclic) bond motifs is 1. The summed E-state index contributed by atoms with van der Waals surface area (Å²) in [6.45, 7) is 0. The molecular weight excluding hydrogens is 360 g/mol. The van der Waals surface area contributed by atoms with Gasteiger partial charge in [-0.15, -0.1) is 0 Å². The lowest BCUT2D eigenvalue weighted by atomic mass is 10.0. The predicted molar refractivity (Wildman–Crippen MR) is 90.6 cm³/mol. The van der Waals surface area contributed by atoms with Crippen LogP contribution in [0.4, 0.5) is 0 Å². The van der Waals surface area contributed by atoms with Crippen LogP contribution in [0, 0.1) is 0 Å². The van der Waals surface area contributed by atoms with Gasteiger partial charge in [-0.25, -0.2) is 9.97 Å². The van der Waals surface area contributed by atoms with Crippen LogP contribution in [0.2, 0.25) is 0 Å². The van der Waals surface area contributed by atoms with Gasteiger partial charge in [0.05, 0.1) is 30.4 Å². The van der Waals surface area contributed by atoms with Gasteiger partial charge in [-0.1, -0.05) is 22.0 Å². The number of aliphatic carboxylic acids is 1. The molecule has 116 valence electrons. The summed E-state index contributed by atoms with van der Waals surface area (Å²) in [5, 5.41) is 10.1. The van der Waals surface area contributed by atoms with E-state index in [0.717, 1.165) is 15.4 Å². The van der Waals surface area contributed by atoms with Crippen molar-refractivity contribution in [2.24, 2.45) is 0 Å². The van der Waals surface area contributed by atoms with Gasteiger partial charge in [0.1, 0.15) is 0 Å². The fourth-order valence-corrected chi connectivity index (χ4v) is 2.75. The fourth-order valence-electron chi connectivity index (χ4n) is 2.37. The van der Waals surface area contributed by atoms with E-state index in [9.17, 15) is 9.90 Å². The quantitative estimate of drug-likeness (QED) is 0.755. The molecule has 0 aliphatic heterocycles. The first-order valence-corrected chi connectivity index (χ1v) is 7.68. The third-order valence-corrected chi connectivity index (χ3v) is 3.87. The molecule has 6 heteroatoms. The van der Waals surface area contributed by atoms with Crippen LogP contribution in [0.1, 0.15) is 5.56 Å². The number of methoxy groups -OCH3 is 1. The number of carboxylic acids is 1. The standard InChI is InChI=1S/C17H13BrN2O3/c1-23-15-4-2-3-14(19-15)17-11(9-16(21)22)7-10-8-12(18)5-6-13(10)20-17/h2-8H,9H2,1H3,(H,21,22). The summed E-state index contributed by atoms with van der Waals surface area (Å²) in [7, 11) is 1.54. The van der Waals surface area contributed by atoms with Crippen molar-refractivity contribution in [1.82, 2.24) is 9.97 Å². The second kappa shape index (κ2) is 6.34. The Hall–Kier alpha value is -2.47. The van der Waals surface area contributed by atoms with Gasteiger partial charge >= 0.3 is 5.97 Å². The Balaban J connectivity index is 2.23. The zero-order valence-electron chi connectivity index (χ0n) is 12.3. The maximum absolute atomic E-state index is 11.2. The lowest BCUT2D eigenvalue weighted by Crippen LogP contribution is -2.04. The highest BCUT2D eigenvalue weighted by atomic mass is 79.9. The Kier molecular flexibility index (Phi) is 4.25. The van der Waals surface area contributed by atoms with E-state index in [1.54, 1.807) is 18.2 Å². The molecule has 0 saturated heterocycles. The van der Waals surface area contributed by atoms with E-state index in [0.29, 0.717) is 22.8 Å². The first kappa shape index (κ1) is 15.4. The zero-order valence-corrected chi connectivity index (χ0v) is 13.9. The molecule has 3 rings (SSSR count). The molecule has 0 aliphatic carbocycles. The molecule has 0 saturated carbocycles.